The van der Waals surface area contributed by atoms with E-state index in [0.29, 0.717) is 11.4 Å². The second kappa shape index (κ2) is 6.94. The topological polar surface area (TPSA) is 21.7 Å². The third-order valence-electron chi connectivity index (χ3n) is 3.75. The Labute approximate surface area is 149 Å². The number of alkyl halides is 3. The molecule has 6 heteroatoms. The summed E-state index contributed by atoms with van der Waals surface area (Å²) in [6.07, 6.45) is 0.702. The summed E-state index contributed by atoms with van der Waals surface area (Å²) in [4.78, 5) is 1.69. The molecule has 0 saturated heterocycles. The predicted octanol–water partition coefficient (Wildman–Crippen LogP) is 5.33. The normalized spacial score (nSPS) is 14.2. The largest absolute Gasteiger partial charge is 0.573 e. The summed E-state index contributed by atoms with van der Waals surface area (Å²) in [5.41, 5.74) is 2.92. The van der Waals surface area contributed by atoms with Crippen LogP contribution in [0.1, 0.15) is 5.56 Å². The molecule has 2 aromatic carbocycles. The van der Waals surface area contributed by atoms with Crippen LogP contribution in [0.2, 0.25) is 0 Å². The molecule has 0 spiro atoms. The van der Waals surface area contributed by atoms with Gasteiger partial charge in [0.2, 0.25) is 0 Å². The maximum Gasteiger partial charge on any atom is 0.573 e. The van der Waals surface area contributed by atoms with Gasteiger partial charge in [0.25, 0.3) is 5.70 Å². The Morgan fingerprint density at radius 3 is 2.08 bits per heavy atom. The van der Waals surface area contributed by atoms with Crippen LogP contribution in [0.4, 0.5) is 18.9 Å². The van der Waals surface area contributed by atoms with Crippen molar-refractivity contribution in [2.24, 2.45) is 0 Å². The fourth-order valence-electron chi connectivity index (χ4n) is 2.50. The van der Waals surface area contributed by atoms with E-state index >= 15 is 0 Å². The number of methoxy groups -OCH3 is 1. The summed E-state index contributed by atoms with van der Waals surface area (Å²) in [5, 5.41) is 0. The molecule has 0 amide bonds. The van der Waals surface area contributed by atoms with Crippen molar-refractivity contribution in [1.82, 2.24) is 0 Å². The second-order valence-electron chi connectivity index (χ2n) is 5.48. The molecule has 0 N–H and O–H groups in total. The van der Waals surface area contributed by atoms with E-state index in [1.165, 1.54) is 24.3 Å². The molecule has 26 heavy (non-hydrogen) atoms. The zero-order valence-corrected chi connectivity index (χ0v) is 13.8. The van der Waals surface area contributed by atoms with Gasteiger partial charge in [0.1, 0.15) is 17.6 Å². The smallest absolute Gasteiger partial charge is 0.497 e. The van der Waals surface area contributed by atoms with Crippen molar-refractivity contribution in [1.29, 1.82) is 0 Å². The SMILES string of the molecule is [CH+]=C1C=CC(c2ccc(OC)cc2)=CN1c1ccc(OC(F)(F)F)cc1. The molecular formula is C20H15F3NO2+. The quantitative estimate of drug-likeness (QED) is 0.690. The number of rotatable bonds is 4. The monoisotopic (exact) mass is 358 g/mol. The van der Waals surface area contributed by atoms with Gasteiger partial charge < -0.3 is 9.47 Å². The highest BCUT2D eigenvalue weighted by Crippen LogP contribution is 2.31. The van der Waals surface area contributed by atoms with Crippen LogP contribution in [0.25, 0.3) is 5.57 Å². The molecule has 0 atom stereocenters. The van der Waals surface area contributed by atoms with E-state index < -0.39 is 6.36 Å². The van der Waals surface area contributed by atoms with Crippen molar-refractivity contribution in [3.8, 4) is 11.5 Å². The minimum atomic E-state index is -4.72. The molecule has 1 aliphatic heterocycles. The number of nitrogens with zero attached hydrogens (tertiary/aromatic N) is 1. The van der Waals surface area contributed by atoms with Gasteiger partial charge in [-0.05, 0) is 42.0 Å². The van der Waals surface area contributed by atoms with Gasteiger partial charge in [0, 0.05) is 23.5 Å². The minimum Gasteiger partial charge on any atom is -0.497 e. The molecule has 0 saturated carbocycles. The van der Waals surface area contributed by atoms with E-state index in [4.69, 9.17) is 11.3 Å². The van der Waals surface area contributed by atoms with Gasteiger partial charge in [-0.2, -0.15) is 0 Å². The van der Waals surface area contributed by atoms with Crippen molar-refractivity contribution in [2.45, 2.75) is 6.36 Å². The Bertz CT molecular complexity index is 850. The number of allylic oxidation sites excluding steroid dienone is 3. The van der Waals surface area contributed by atoms with Crippen molar-refractivity contribution in [2.75, 3.05) is 12.0 Å². The number of halogens is 3. The van der Waals surface area contributed by atoms with Crippen molar-refractivity contribution in [3.05, 3.63) is 84.7 Å². The highest BCUT2D eigenvalue weighted by atomic mass is 19.4. The van der Waals surface area contributed by atoms with Crippen LogP contribution < -0.4 is 14.4 Å². The van der Waals surface area contributed by atoms with Crippen LogP contribution in [0.3, 0.4) is 0 Å². The van der Waals surface area contributed by atoms with E-state index in [2.05, 4.69) is 4.74 Å². The minimum absolute atomic E-state index is 0.285. The van der Waals surface area contributed by atoms with Crippen molar-refractivity contribution in [3.63, 3.8) is 0 Å². The molecule has 0 radical (unpaired) electrons. The van der Waals surface area contributed by atoms with Crippen LogP contribution >= 0.6 is 0 Å². The first-order valence-corrected chi connectivity index (χ1v) is 7.67. The lowest BCUT2D eigenvalue weighted by atomic mass is 10.0. The van der Waals surface area contributed by atoms with Crippen LogP contribution in [-0.4, -0.2) is 13.5 Å². The summed E-state index contributed by atoms with van der Waals surface area (Å²) in [6, 6.07) is 13.0. The maximum atomic E-state index is 12.3. The first-order chi connectivity index (χ1) is 12.4. The lowest BCUT2D eigenvalue weighted by molar-refractivity contribution is -0.274. The van der Waals surface area contributed by atoms with Gasteiger partial charge >= 0.3 is 6.36 Å². The molecule has 0 fully saturated rings. The highest BCUT2D eigenvalue weighted by Gasteiger charge is 2.31. The fourth-order valence-corrected chi connectivity index (χ4v) is 2.50. The molecule has 1 aliphatic rings. The molecule has 132 valence electrons. The van der Waals surface area contributed by atoms with Crippen molar-refractivity contribution < 1.29 is 22.6 Å². The van der Waals surface area contributed by atoms with E-state index in [-0.39, 0.29) is 5.75 Å². The highest BCUT2D eigenvalue weighted by molar-refractivity contribution is 5.81. The first-order valence-electron chi connectivity index (χ1n) is 7.67. The average molecular weight is 358 g/mol. The van der Waals surface area contributed by atoms with Crippen LogP contribution in [-0.2, 0) is 0 Å². The molecular weight excluding hydrogens is 343 g/mol. The number of ether oxygens (including phenoxy) is 2. The first kappa shape index (κ1) is 17.6. The molecule has 0 aliphatic carbocycles. The summed E-state index contributed by atoms with van der Waals surface area (Å²) < 4.78 is 45.8. The zero-order chi connectivity index (χ0) is 18.7. The predicted molar refractivity (Wildman–Crippen MR) is 93.5 cm³/mol. The Balaban J connectivity index is 1.85. The third-order valence-corrected chi connectivity index (χ3v) is 3.75. The standard InChI is InChI=1S/C20H15F3NO2/c1-14-3-4-16(15-5-9-18(25-2)10-6-15)13-24(14)17-7-11-19(12-8-17)26-20(21,22)23/h1,3-13H,2H3/q+1. The van der Waals surface area contributed by atoms with E-state index in [1.807, 2.05) is 36.5 Å². The number of benzene rings is 2. The maximum absolute atomic E-state index is 12.3. The van der Waals surface area contributed by atoms with Gasteiger partial charge in [0.05, 0.1) is 13.7 Å². The lowest BCUT2D eigenvalue weighted by Crippen LogP contribution is -2.18. The molecule has 2 aromatic rings. The van der Waals surface area contributed by atoms with Crippen LogP contribution in [0.5, 0.6) is 11.5 Å². The van der Waals surface area contributed by atoms with Gasteiger partial charge in [-0.3, -0.25) is 4.90 Å². The molecule has 0 bridgehead atoms. The Hall–Kier alpha value is -3.24. The summed E-state index contributed by atoms with van der Waals surface area (Å²) in [5.74, 6) is 0.462. The number of hydrogen-bond acceptors (Lipinski definition) is 3. The van der Waals surface area contributed by atoms with E-state index in [0.717, 1.165) is 16.9 Å². The molecule has 0 unspecified atom stereocenters. The summed E-state index contributed by atoms with van der Waals surface area (Å²) in [6.45, 7) is 6.02. The summed E-state index contributed by atoms with van der Waals surface area (Å²) >= 11 is 0. The molecule has 0 aromatic heterocycles. The van der Waals surface area contributed by atoms with Gasteiger partial charge in [-0.15, -0.1) is 13.2 Å². The van der Waals surface area contributed by atoms with E-state index in [1.54, 1.807) is 18.1 Å². The van der Waals surface area contributed by atoms with Crippen LogP contribution in [0, 0.1) is 6.58 Å². The average Bonchev–Trinajstić information content (AvgIpc) is 2.62. The third kappa shape index (κ3) is 4.05. The zero-order valence-electron chi connectivity index (χ0n) is 13.8. The molecule has 3 nitrogen and oxygen atoms in total. The fraction of sp³-hybridized carbons (Fsp3) is 0.100. The summed E-state index contributed by atoms with van der Waals surface area (Å²) in [7, 11) is 1.60. The van der Waals surface area contributed by atoms with Gasteiger partial charge in [0.15, 0.2) is 0 Å². The van der Waals surface area contributed by atoms with E-state index in [9.17, 15) is 13.2 Å². The van der Waals surface area contributed by atoms with Gasteiger partial charge in [-0.1, -0.05) is 12.1 Å². The number of hydrogen-bond donors (Lipinski definition) is 0. The lowest BCUT2D eigenvalue weighted by Gasteiger charge is -2.20. The molecule has 1 heterocycles. The van der Waals surface area contributed by atoms with Crippen LogP contribution in [0.15, 0.2) is 72.6 Å². The van der Waals surface area contributed by atoms with Crippen molar-refractivity contribution >= 4 is 11.3 Å². The Morgan fingerprint density at radius 2 is 1.50 bits per heavy atom. The Morgan fingerprint density at radius 1 is 0.885 bits per heavy atom. The van der Waals surface area contributed by atoms with Gasteiger partial charge in [-0.25, -0.2) is 0 Å². The second-order valence-corrected chi connectivity index (χ2v) is 5.48. The molecule has 3 rings (SSSR count). The number of anilines is 1. The Kier molecular flexibility index (Phi) is 4.69.